The predicted octanol–water partition coefficient (Wildman–Crippen LogP) is 1.65. The van der Waals surface area contributed by atoms with E-state index in [0.29, 0.717) is 12.2 Å². The Labute approximate surface area is 122 Å². The number of ether oxygens (including phenoxy) is 1. The summed E-state index contributed by atoms with van der Waals surface area (Å²) in [6, 6.07) is 1.80. The van der Waals surface area contributed by atoms with E-state index < -0.39 is 0 Å². The number of aryl methyl sites for hydroxylation is 1. The normalized spacial score (nSPS) is 15.8. The van der Waals surface area contributed by atoms with Gasteiger partial charge in [-0.15, -0.1) is 0 Å². The van der Waals surface area contributed by atoms with Crippen LogP contribution >= 0.6 is 11.8 Å². The molecule has 2 rings (SSSR count). The van der Waals surface area contributed by atoms with Crippen LogP contribution in [0, 0.1) is 12.3 Å². The lowest BCUT2D eigenvalue weighted by Gasteiger charge is -2.13. The monoisotopic (exact) mass is 296 g/mol. The van der Waals surface area contributed by atoms with Crippen molar-refractivity contribution in [2.45, 2.75) is 31.9 Å². The molecule has 0 bridgehead atoms. The Morgan fingerprint density at radius 2 is 2.30 bits per heavy atom. The maximum absolute atomic E-state index is 11.4. The lowest BCUT2D eigenvalue weighted by Crippen LogP contribution is -2.13. The molecule has 0 radical (unpaired) electrons. The molecule has 7 heteroatoms. The lowest BCUT2D eigenvalue weighted by molar-refractivity contribution is -0.141. The summed E-state index contributed by atoms with van der Waals surface area (Å²) in [6.07, 6.45) is 2.71. The molecular weight excluding hydrogens is 276 g/mol. The summed E-state index contributed by atoms with van der Waals surface area (Å²) in [6.45, 7) is 1.91. The van der Waals surface area contributed by atoms with Crippen molar-refractivity contribution in [2.24, 2.45) is 11.3 Å². The molecule has 0 aliphatic heterocycles. The van der Waals surface area contributed by atoms with E-state index in [4.69, 9.17) is 10.6 Å². The Hall–Kier alpha value is -1.34. The van der Waals surface area contributed by atoms with Gasteiger partial charge in [-0.3, -0.25) is 4.79 Å². The zero-order chi connectivity index (χ0) is 14.6. The van der Waals surface area contributed by atoms with Gasteiger partial charge in [0.25, 0.3) is 0 Å². The molecule has 0 aromatic carbocycles. The second kappa shape index (κ2) is 6.41. The van der Waals surface area contributed by atoms with Crippen LogP contribution in [-0.2, 0) is 15.3 Å². The van der Waals surface area contributed by atoms with Gasteiger partial charge in [0.05, 0.1) is 19.3 Å². The lowest BCUT2D eigenvalue weighted by atomic mass is 10.1. The van der Waals surface area contributed by atoms with Crippen molar-refractivity contribution in [1.82, 2.24) is 9.97 Å². The third-order valence-corrected chi connectivity index (χ3v) is 4.67. The molecule has 1 aliphatic rings. The fourth-order valence-corrected chi connectivity index (χ4v) is 3.29. The number of carbonyl (C=O) groups is 1. The number of methoxy groups -OCH3 is 1. The SMILES string of the molecule is COC(=O)CC1(CSCc2nc(C)cc(NN)n2)CC1. The van der Waals surface area contributed by atoms with Gasteiger partial charge in [0.15, 0.2) is 0 Å². The Bertz CT molecular complexity index is 491. The Balaban J connectivity index is 1.84. The second-order valence-corrected chi connectivity index (χ2v) is 6.19. The molecule has 0 saturated heterocycles. The van der Waals surface area contributed by atoms with Crippen molar-refractivity contribution in [2.75, 3.05) is 18.3 Å². The number of esters is 1. The Morgan fingerprint density at radius 1 is 1.55 bits per heavy atom. The average molecular weight is 296 g/mol. The molecule has 0 amide bonds. The van der Waals surface area contributed by atoms with Crippen molar-refractivity contribution in [3.63, 3.8) is 0 Å². The average Bonchev–Trinajstić information content (AvgIpc) is 3.17. The summed E-state index contributed by atoms with van der Waals surface area (Å²) in [7, 11) is 1.44. The zero-order valence-electron chi connectivity index (χ0n) is 11.8. The summed E-state index contributed by atoms with van der Waals surface area (Å²) in [4.78, 5) is 20.0. The highest BCUT2D eigenvalue weighted by Crippen LogP contribution is 2.51. The van der Waals surface area contributed by atoms with Gasteiger partial charge in [0.1, 0.15) is 11.6 Å². The number of thioether (sulfide) groups is 1. The van der Waals surface area contributed by atoms with Gasteiger partial charge < -0.3 is 10.2 Å². The largest absolute Gasteiger partial charge is 0.469 e. The third kappa shape index (κ3) is 4.08. The van der Waals surface area contributed by atoms with Crippen LogP contribution in [0.5, 0.6) is 0 Å². The van der Waals surface area contributed by atoms with Crippen molar-refractivity contribution < 1.29 is 9.53 Å². The van der Waals surface area contributed by atoms with Gasteiger partial charge in [0.2, 0.25) is 0 Å². The minimum atomic E-state index is -0.121. The number of nitrogen functional groups attached to an aromatic ring is 1. The van der Waals surface area contributed by atoms with E-state index in [0.717, 1.165) is 35.9 Å². The van der Waals surface area contributed by atoms with Crippen molar-refractivity contribution in [3.8, 4) is 0 Å². The van der Waals surface area contributed by atoms with Crippen molar-refractivity contribution in [3.05, 3.63) is 17.6 Å². The minimum absolute atomic E-state index is 0.121. The number of anilines is 1. The van der Waals surface area contributed by atoms with Gasteiger partial charge in [0, 0.05) is 11.8 Å². The number of aromatic nitrogens is 2. The van der Waals surface area contributed by atoms with E-state index in [-0.39, 0.29) is 11.4 Å². The van der Waals surface area contributed by atoms with Gasteiger partial charge in [-0.2, -0.15) is 11.8 Å². The summed E-state index contributed by atoms with van der Waals surface area (Å²) in [5.74, 6) is 8.29. The van der Waals surface area contributed by atoms with Crippen LogP contribution in [0.3, 0.4) is 0 Å². The minimum Gasteiger partial charge on any atom is -0.469 e. The van der Waals surface area contributed by atoms with E-state index in [1.54, 1.807) is 17.8 Å². The maximum atomic E-state index is 11.4. The molecule has 3 N–H and O–H groups in total. The molecule has 6 nitrogen and oxygen atoms in total. The van der Waals surface area contributed by atoms with Gasteiger partial charge in [-0.1, -0.05) is 0 Å². The fraction of sp³-hybridized carbons (Fsp3) is 0.615. The number of hydrogen-bond acceptors (Lipinski definition) is 7. The maximum Gasteiger partial charge on any atom is 0.306 e. The number of nitrogens with two attached hydrogens (primary N) is 1. The molecule has 20 heavy (non-hydrogen) atoms. The Morgan fingerprint density at radius 3 is 2.90 bits per heavy atom. The Kier molecular flexibility index (Phi) is 4.82. The van der Waals surface area contributed by atoms with Crippen LogP contribution in [0.1, 0.15) is 30.8 Å². The first-order valence-electron chi connectivity index (χ1n) is 6.53. The number of rotatable bonds is 7. The van der Waals surface area contributed by atoms with Crippen LogP contribution in [0.25, 0.3) is 0 Å². The molecule has 1 saturated carbocycles. The molecule has 0 spiro atoms. The van der Waals surface area contributed by atoms with E-state index in [2.05, 4.69) is 15.4 Å². The smallest absolute Gasteiger partial charge is 0.306 e. The molecule has 1 aromatic rings. The molecule has 1 aromatic heterocycles. The van der Waals surface area contributed by atoms with E-state index in [1.807, 2.05) is 6.92 Å². The zero-order valence-corrected chi connectivity index (χ0v) is 12.6. The topological polar surface area (TPSA) is 90.1 Å². The molecule has 1 aliphatic carbocycles. The van der Waals surface area contributed by atoms with Gasteiger partial charge >= 0.3 is 5.97 Å². The van der Waals surface area contributed by atoms with Gasteiger partial charge in [-0.25, -0.2) is 15.8 Å². The molecule has 110 valence electrons. The first-order valence-corrected chi connectivity index (χ1v) is 7.68. The summed E-state index contributed by atoms with van der Waals surface area (Å²) < 4.78 is 4.74. The summed E-state index contributed by atoms with van der Waals surface area (Å²) in [5.41, 5.74) is 3.56. The number of nitrogens with zero attached hydrogens (tertiary/aromatic N) is 2. The first-order chi connectivity index (χ1) is 9.57. The van der Waals surface area contributed by atoms with Crippen molar-refractivity contribution in [1.29, 1.82) is 0 Å². The van der Waals surface area contributed by atoms with E-state index in [1.165, 1.54) is 7.11 Å². The van der Waals surface area contributed by atoms with E-state index in [9.17, 15) is 4.79 Å². The fourth-order valence-electron chi connectivity index (χ4n) is 2.05. The predicted molar refractivity (Wildman–Crippen MR) is 79.0 cm³/mol. The van der Waals surface area contributed by atoms with E-state index >= 15 is 0 Å². The number of carbonyl (C=O) groups excluding carboxylic acids is 1. The highest BCUT2D eigenvalue weighted by molar-refractivity contribution is 7.98. The number of hydrazine groups is 1. The molecular formula is C13H20N4O2S. The van der Waals surface area contributed by atoms with Crippen LogP contribution < -0.4 is 11.3 Å². The summed E-state index contributed by atoms with van der Waals surface area (Å²) >= 11 is 1.75. The standard InChI is InChI=1S/C13H20N4O2S/c1-9-5-10(17-14)16-11(15-9)7-20-8-13(3-4-13)6-12(18)19-2/h5H,3-4,6-8,14H2,1-2H3,(H,15,16,17). The van der Waals surface area contributed by atoms with Crippen LogP contribution in [0.2, 0.25) is 0 Å². The molecule has 0 unspecified atom stereocenters. The molecule has 1 heterocycles. The summed E-state index contributed by atoms with van der Waals surface area (Å²) in [5, 5.41) is 0. The third-order valence-electron chi connectivity index (χ3n) is 3.39. The first kappa shape index (κ1) is 15.1. The van der Waals surface area contributed by atoms with Crippen LogP contribution in [-0.4, -0.2) is 28.8 Å². The van der Waals surface area contributed by atoms with Crippen LogP contribution in [0.15, 0.2) is 6.07 Å². The number of nitrogens with one attached hydrogen (secondary N) is 1. The quantitative estimate of drug-likeness (QED) is 0.449. The molecule has 0 atom stereocenters. The highest BCUT2D eigenvalue weighted by Gasteiger charge is 2.44. The highest BCUT2D eigenvalue weighted by atomic mass is 32.2. The van der Waals surface area contributed by atoms with Crippen LogP contribution in [0.4, 0.5) is 5.82 Å². The van der Waals surface area contributed by atoms with Crippen molar-refractivity contribution >= 4 is 23.5 Å². The van der Waals surface area contributed by atoms with Gasteiger partial charge in [-0.05, 0) is 30.9 Å². The molecule has 1 fully saturated rings. The second-order valence-electron chi connectivity index (χ2n) is 5.20. The number of hydrogen-bond donors (Lipinski definition) is 2.